The molecule has 6 heteroatoms. The van der Waals surface area contributed by atoms with Crippen LogP contribution in [-0.4, -0.2) is 69.1 Å². The number of carbonyl (C=O) groups excluding carboxylic acids is 1. The molecule has 1 aliphatic rings. The fraction of sp³-hybridized carbons (Fsp3) is 0.533. The first-order chi connectivity index (χ1) is 9.97. The van der Waals surface area contributed by atoms with E-state index in [1.165, 1.54) is 0 Å². The quantitative estimate of drug-likeness (QED) is 0.750. The van der Waals surface area contributed by atoms with Crippen LogP contribution >= 0.6 is 0 Å². The summed E-state index contributed by atoms with van der Waals surface area (Å²) >= 11 is 0. The summed E-state index contributed by atoms with van der Waals surface area (Å²) in [7, 11) is 4.19. The summed E-state index contributed by atoms with van der Waals surface area (Å²) in [4.78, 5) is 18.1. The van der Waals surface area contributed by atoms with Gasteiger partial charge in [-0.3, -0.25) is 9.69 Å². The Balaban J connectivity index is 1.94. The van der Waals surface area contributed by atoms with Gasteiger partial charge in [-0.15, -0.1) is 0 Å². The highest BCUT2D eigenvalue weighted by molar-refractivity contribution is 5.94. The van der Waals surface area contributed by atoms with Gasteiger partial charge in [0, 0.05) is 44.8 Å². The highest BCUT2D eigenvalue weighted by atomic mass is 16.1. The zero-order chi connectivity index (χ0) is 15.4. The molecule has 0 spiro atoms. The highest BCUT2D eigenvalue weighted by Gasteiger charge is 2.19. The van der Waals surface area contributed by atoms with E-state index in [1.54, 1.807) is 12.1 Å². The number of hydrogen-bond donors (Lipinski definition) is 2. The molecule has 0 atom stereocenters. The first-order valence-corrected chi connectivity index (χ1v) is 7.28. The zero-order valence-electron chi connectivity index (χ0n) is 12.9. The number of amides is 1. The van der Waals surface area contributed by atoms with Crippen LogP contribution in [-0.2, 0) is 0 Å². The number of nitrogen functional groups attached to an aromatic ring is 1. The molecule has 0 saturated carbocycles. The number of anilines is 2. The smallest absolute Gasteiger partial charge is 0.248 e. The summed E-state index contributed by atoms with van der Waals surface area (Å²) < 4.78 is 0. The Bertz CT molecular complexity index is 495. The summed E-state index contributed by atoms with van der Waals surface area (Å²) in [6.45, 7) is 6.14. The molecular weight excluding hydrogens is 266 g/mol. The lowest BCUT2D eigenvalue weighted by atomic mass is 10.1. The molecule has 4 N–H and O–H groups in total. The Hall–Kier alpha value is -1.79. The van der Waals surface area contributed by atoms with Gasteiger partial charge in [0.15, 0.2) is 0 Å². The molecule has 6 nitrogen and oxygen atoms in total. The topological polar surface area (TPSA) is 78.8 Å². The molecular formula is C15H25N5O. The second kappa shape index (κ2) is 6.78. The van der Waals surface area contributed by atoms with Gasteiger partial charge in [-0.2, -0.15) is 0 Å². The number of likely N-dealkylation sites (N-methyl/N-ethyl adjacent to an activating group) is 1. The molecule has 0 aromatic heterocycles. The fourth-order valence-corrected chi connectivity index (χ4v) is 2.55. The Morgan fingerprint density at radius 1 is 1.24 bits per heavy atom. The summed E-state index contributed by atoms with van der Waals surface area (Å²) in [5, 5.41) is 0. The number of primary amides is 1. The number of rotatable bonds is 5. The molecule has 1 amide bonds. The van der Waals surface area contributed by atoms with Crippen LogP contribution in [0, 0.1) is 0 Å². The lowest BCUT2D eigenvalue weighted by molar-refractivity contribution is 0.100. The highest BCUT2D eigenvalue weighted by Crippen LogP contribution is 2.25. The van der Waals surface area contributed by atoms with Gasteiger partial charge in [-0.25, -0.2) is 0 Å². The zero-order valence-corrected chi connectivity index (χ0v) is 12.9. The normalized spacial score (nSPS) is 16.4. The van der Waals surface area contributed by atoms with E-state index in [0.717, 1.165) is 45.0 Å². The van der Waals surface area contributed by atoms with Gasteiger partial charge in [0.05, 0.1) is 11.4 Å². The van der Waals surface area contributed by atoms with Crippen LogP contribution in [0.1, 0.15) is 10.4 Å². The average Bonchev–Trinajstić information content (AvgIpc) is 2.45. The largest absolute Gasteiger partial charge is 0.397 e. The average molecular weight is 291 g/mol. The first kappa shape index (κ1) is 15.6. The van der Waals surface area contributed by atoms with Crippen LogP contribution < -0.4 is 16.4 Å². The third-order valence-corrected chi connectivity index (χ3v) is 3.89. The SMILES string of the molecule is CN(C)CCN1CCN(c2ccc(C(N)=O)cc2N)CC1. The van der Waals surface area contributed by atoms with E-state index in [9.17, 15) is 4.79 Å². The maximum atomic E-state index is 11.2. The maximum Gasteiger partial charge on any atom is 0.248 e. The van der Waals surface area contributed by atoms with Gasteiger partial charge in [0.25, 0.3) is 0 Å². The third-order valence-electron chi connectivity index (χ3n) is 3.89. The van der Waals surface area contributed by atoms with Crippen molar-refractivity contribution >= 4 is 17.3 Å². The van der Waals surface area contributed by atoms with E-state index in [0.29, 0.717) is 11.3 Å². The van der Waals surface area contributed by atoms with Crippen molar-refractivity contribution in [2.24, 2.45) is 5.73 Å². The molecule has 1 aliphatic heterocycles. The third kappa shape index (κ3) is 4.09. The molecule has 0 bridgehead atoms. The number of hydrogen-bond acceptors (Lipinski definition) is 5. The van der Waals surface area contributed by atoms with Crippen LogP contribution in [0.25, 0.3) is 0 Å². The van der Waals surface area contributed by atoms with E-state index in [4.69, 9.17) is 11.5 Å². The van der Waals surface area contributed by atoms with Gasteiger partial charge >= 0.3 is 0 Å². The Morgan fingerprint density at radius 3 is 2.43 bits per heavy atom. The number of benzene rings is 1. The van der Waals surface area contributed by atoms with Crippen LogP contribution in [0.2, 0.25) is 0 Å². The number of piperazine rings is 1. The Labute approximate surface area is 126 Å². The second-order valence-electron chi connectivity index (χ2n) is 5.77. The minimum Gasteiger partial charge on any atom is -0.397 e. The summed E-state index contributed by atoms with van der Waals surface area (Å²) in [5.74, 6) is -0.443. The molecule has 1 heterocycles. The van der Waals surface area contributed by atoms with Gasteiger partial charge in [0.1, 0.15) is 0 Å². The van der Waals surface area contributed by atoms with E-state index < -0.39 is 5.91 Å². The lowest BCUT2D eigenvalue weighted by Crippen LogP contribution is -2.48. The Morgan fingerprint density at radius 2 is 1.90 bits per heavy atom. The minimum atomic E-state index is -0.443. The van der Waals surface area contributed by atoms with E-state index in [1.807, 2.05) is 6.07 Å². The molecule has 2 rings (SSSR count). The van der Waals surface area contributed by atoms with Crippen LogP contribution in [0.4, 0.5) is 11.4 Å². The summed E-state index contributed by atoms with van der Waals surface area (Å²) in [6.07, 6.45) is 0. The lowest BCUT2D eigenvalue weighted by Gasteiger charge is -2.37. The van der Waals surface area contributed by atoms with Crippen LogP contribution in [0.3, 0.4) is 0 Å². The Kier molecular flexibility index (Phi) is 5.03. The van der Waals surface area contributed by atoms with E-state index in [2.05, 4.69) is 28.8 Å². The number of nitrogens with zero attached hydrogens (tertiary/aromatic N) is 3. The molecule has 1 aromatic rings. The molecule has 1 aromatic carbocycles. The molecule has 1 saturated heterocycles. The van der Waals surface area contributed by atoms with Gasteiger partial charge < -0.3 is 21.3 Å². The van der Waals surface area contributed by atoms with Gasteiger partial charge in [-0.05, 0) is 32.3 Å². The van der Waals surface area contributed by atoms with Crippen molar-refractivity contribution in [3.05, 3.63) is 23.8 Å². The van der Waals surface area contributed by atoms with Crippen molar-refractivity contribution in [3.8, 4) is 0 Å². The van der Waals surface area contributed by atoms with E-state index >= 15 is 0 Å². The van der Waals surface area contributed by atoms with Gasteiger partial charge in [-0.1, -0.05) is 0 Å². The predicted octanol–water partition coefficient (Wildman–Crippen LogP) is 0.0513. The molecule has 116 valence electrons. The molecule has 21 heavy (non-hydrogen) atoms. The molecule has 0 aliphatic carbocycles. The summed E-state index contributed by atoms with van der Waals surface area (Å²) in [6, 6.07) is 5.30. The first-order valence-electron chi connectivity index (χ1n) is 7.28. The molecule has 0 radical (unpaired) electrons. The van der Waals surface area contributed by atoms with Crippen LogP contribution in [0.15, 0.2) is 18.2 Å². The monoisotopic (exact) mass is 291 g/mol. The second-order valence-corrected chi connectivity index (χ2v) is 5.77. The molecule has 0 unspecified atom stereocenters. The number of carbonyl (C=O) groups is 1. The van der Waals surface area contributed by atoms with Crippen molar-refractivity contribution in [2.45, 2.75) is 0 Å². The van der Waals surface area contributed by atoms with Crippen molar-refractivity contribution in [1.29, 1.82) is 0 Å². The summed E-state index contributed by atoms with van der Waals surface area (Å²) in [5.41, 5.74) is 13.4. The predicted molar refractivity (Wildman–Crippen MR) is 86.6 cm³/mol. The van der Waals surface area contributed by atoms with Gasteiger partial charge in [0.2, 0.25) is 5.91 Å². The maximum absolute atomic E-state index is 11.2. The minimum absolute atomic E-state index is 0.443. The standard InChI is InChI=1S/C15H25N5O/c1-18(2)5-6-19-7-9-20(10-8-19)14-4-3-12(15(17)21)11-13(14)16/h3-4,11H,5-10,16H2,1-2H3,(H2,17,21). The van der Waals surface area contributed by atoms with Crippen LogP contribution in [0.5, 0.6) is 0 Å². The van der Waals surface area contributed by atoms with Crippen molar-refractivity contribution in [1.82, 2.24) is 9.80 Å². The fourth-order valence-electron chi connectivity index (χ4n) is 2.55. The molecule has 1 fully saturated rings. The van der Waals surface area contributed by atoms with Crippen molar-refractivity contribution in [2.75, 3.05) is 64.0 Å². The number of nitrogens with two attached hydrogens (primary N) is 2. The van der Waals surface area contributed by atoms with E-state index in [-0.39, 0.29) is 0 Å². The van der Waals surface area contributed by atoms with Crippen molar-refractivity contribution in [3.63, 3.8) is 0 Å². The van der Waals surface area contributed by atoms with Crippen molar-refractivity contribution < 1.29 is 4.79 Å².